The molecule has 0 N–H and O–H groups in total. The molecule has 0 aliphatic rings. The first-order chi connectivity index (χ1) is 39.5. The zero-order valence-electron chi connectivity index (χ0n) is 53.1. The van der Waals surface area contributed by atoms with Crippen LogP contribution in [-0.2, 0) is 28.6 Å². The quantitative estimate of drug-likeness (QED) is 0.0261. The Morgan fingerprint density at radius 2 is 0.450 bits per heavy atom. The Morgan fingerprint density at radius 1 is 0.250 bits per heavy atom. The third kappa shape index (κ3) is 65.4. The van der Waals surface area contributed by atoms with Crippen LogP contribution in [0.5, 0.6) is 0 Å². The first-order valence-corrected chi connectivity index (χ1v) is 34.6. The van der Waals surface area contributed by atoms with Crippen LogP contribution in [0.1, 0.15) is 348 Å². The van der Waals surface area contributed by atoms with Crippen LogP contribution in [-0.4, -0.2) is 37.2 Å². The smallest absolute Gasteiger partial charge is 0.306 e. The Labute approximate surface area is 496 Å². The van der Waals surface area contributed by atoms with E-state index in [9.17, 15) is 14.4 Å². The molecule has 0 aromatic rings. The normalized spacial score (nSPS) is 12.6. The summed E-state index contributed by atoms with van der Waals surface area (Å²) < 4.78 is 16.9. The Hall–Kier alpha value is -3.41. The van der Waals surface area contributed by atoms with E-state index in [-0.39, 0.29) is 31.1 Å². The molecule has 80 heavy (non-hydrogen) atoms. The molecule has 0 aliphatic carbocycles. The number of carbonyl (C=O) groups excluding carboxylic acids is 3. The molecule has 0 amide bonds. The van der Waals surface area contributed by atoms with Crippen molar-refractivity contribution in [3.05, 3.63) is 85.1 Å². The maximum absolute atomic E-state index is 12.9. The summed E-state index contributed by atoms with van der Waals surface area (Å²) in [4.78, 5) is 38.4. The Balaban J connectivity index is 4.23. The molecule has 0 spiro atoms. The second-order valence-corrected chi connectivity index (χ2v) is 23.1. The number of unbranched alkanes of at least 4 members (excludes halogenated alkanes) is 38. The van der Waals surface area contributed by atoms with E-state index in [1.54, 1.807) is 0 Å². The van der Waals surface area contributed by atoms with Gasteiger partial charge in [0.1, 0.15) is 13.2 Å². The van der Waals surface area contributed by atoms with E-state index in [0.29, 0.717) is 19.3 Å². The summed E-state index contributed by atoms with van der Waals surface area (Å²) in [5, 5.41) is 0. The van der Waals surface area contributed by atoms with Crippen molar-refractivity contribution in [3.8, 4) is 0 Å². The molecular weight excluding hydrogens is 985 g/mol. The minimum absolute atomic E-state index is 0.0847. The standard InChI is InChI=1S/C74H130O6/c1-4-7-10-13-16-19-22-25-28-30-31-32-33-34-35-36-37-38-39-40-41-42-43-44-47-49-52-55-58-61-64-67-73(76)79-70-71(69-78-72(75)66-63-60-57-54-51-48-45-27-24-21-18-15-12-9-6-3)80-74(77)68-65-62-59-56-53-50-46-29-26-23-20-17-14-11-8-5-2/h18,20-23,25,27,29-31,33-34,45-46,71H,4-17,19,24,26,28,32,35-44,47-70H2,1-3H3/b21-18-,23-20-,25-22-,31-30-,34-33-,45-27-,46-29-. The van der Waals surface area contributed by atoms with E-state index in [4.69, 9.17) is 14.2 Å². The molecule has 462 valence electrons. The first kappa shape index (κ1) is 76.6. The fraction of sp³-hybridized carbons (Fsp3) is 0.770. The third-order valence-corrected chi connectivity index (χ3v) is 15.1. The second kappa shape index (κ2) is 68.1. The third-order valence-electron chi connectivity index (χ3n) is 15.1. The van der Waals surface area contributed by atoms with Crippen LogP contribution in [0.3, 0.4) is 0 Å². The molecule has 6 heteroatoms. The lowest BCUT2D eigenvalue weighted by atomic mass is 10.0. The summed E-state index contributed by atoms with van der Waals surface area (Å²) in [5.74, 6) is -0.898. The minimum Gasteiger partial charge on any atom is -0.462 e. The number of rotatable bonds is 63. The fourth-order valence-corrected chi connectivity index (χ4v) is 9.87. The summed E-state index contributed by atoms with van der Waals surface area (Å²) in [6.07, 6.45) is 90.3. The van der Waals surface area contributed by atoms with Gasteiger partial charge < -0.3 is 14.2 Å². The van der Waals surface area contributed by atoms with E-state index in [1.807, 2.05) is 0 Å². The fourth-order valence-electron chi connectivity index (χ4n) is 9.87. The van der Waals surface area contributed by atoms with Crippen molar-refractivity contribution in [1.82, 2.24) is 0 Å². The predicted molar refractivity (Wildman–Crippen MR) is 348 cm³/mol. The summed E-state index contributed by atoms with van der Waals surface area (Å²) in [5.41, 5.74) is 0. The molecule has 0 saturated carbocycles. The minimum atomic E-state index is -0.790. The van der Waals surface area contributed by atoms with Crippen LogP contribution in [0, 0.1) is 0 Å². The van der Waals surface area contributed by atoms with Gasteiger partial charge in [-0.2, -0.15) is 0 Å². The van der Waals surface area contributed by atoms with Gasteiger partial charge in [0, 0.05) is 19.3 Å². The van der Waals surface area contributed by atoms with Crippen LogP contribution in [0.4, 0.5) is 0 Å². The Kier molecular flexibility index (Phi) is 65.2. The zero-order chi connectivity index (χ0) is 57.8. The van der Waals surface area contributed by atoms with Crippen molar-refractivity contribution in [1.29, 1.82) is 0 Å². The molecule has 0 aromatic carbocycles. The number of allylic oxidation sites excluding steroid dienone is 14. The highest BCUT2D eigenvalue weighted by atomic mass is 16.6. The number of carbonyl (C=O) groups is 3. The van der Waals surface area contributed by atoms with E-state index in [0.717, 1.165) is 116 Å². The van der Waals surface area contributed by atoms with Crippen molar-refractivity contribution in [2.75, 3.05) is 13.2 Å². The van der Waals surface area contributed by atoms with Crippen molar-refractivity contribution >= 4 is 17.9 Å². The molecule has 0 rings (SSSR count). The molecule has 1 atom stereocenters. The van der Waals surface area contributed by atoms with Gasteiger partial charge in [0.05, 0.1) is 0 Å². The topological polar surface area (TPSA) is 78.9 Å². The average Bonchev–Trinajstić information content (AvgIpc) is 3.46. The van der Waals surface area contributed by atoms with Crippen LogP contribution < -0.4 is 0 Å². The highest BCUT2D eigenvalue weighted by Crippen LogP contribution is 2.17. The van der Waals surface area contributed by atoms with Crippen molar-refractivity contribution in [2.24, 2.45) is 0 Å². The van der Waals surface area contributed by atoms with Gasteiger partial charge in [-0.05, 0) is 122 Å². The van der Waals surface area contributed by atoms with E-state index in [2.05, 4.69) is 106 Å². The number of ether oxygens (including phenoxy) is 3. The van der Waals surface area contributed by atoms with Gasteiger partial charge in [-0.25, -0.2) is 0 Å². The summed E-state index contributed by atoms with van der Waals surface area (Å²) >= 11 is 0. The van der Waals surface area contributed by atoms with E-state index < -0.39 is 6.10 Å². The first-order valence-electron chi connectivity index (χ1n) is 34.6. The number of hydrogen-bond acceptors (Lipinski definition) is 6. The van der Waals surface area contributed by atoms with Gasteiger partial charge in [-0.3, -0.25) is 14.4 Å². The number of hydrogen-bond donors (Lipinski definition) is 0. The van der Waals surface area contributed by atoms with E-state index in [1.165, 1.54) is 193 Å². The molecule has 0 saturated heterocycles. The lowest BCUT2D eigenvalue weighted by Gasteiger charge is -2.18. The maximum atomic E-state index is 12.9. The molecule has 0 heterocycles. The van der Waals surface area contributed by atoms with Gasteiger partial charge in [0.2, 0.25) is 0 Å². The molecule has 6 nitrogen and oxygen atoms in total. The molecular formula is C74H130O6. The maximum Gasteiger partial charge on any atom is 0.306 e. The van der Waals surface area contributed by atoms with Crippen LogP contribution in [0.2, 0.25) is 0 Å². The molecule has 0 aliphatic heterocycles. The average molecular weight is 1120 g/mol. The highest BCUT2D eigenvalue weighted by Gasteiger charge is 2.19. The van der Waals surface area contributed by atoms with E-state index >= 15 is 0 Å². The zero-order valence-corrected chi connectivity index (χ0v) is 53.1. The summed E-state index contributed by atoms with van der Waals surface area (Å²) in [6.45, 7) is 6.60. The second-order valence-electron chi connectivity index (χ2n) is 23.1. The lowest BCUT2D eigenvalue weighted by molar-refractivity contribution is -0.167. The van der Waals surface area contributed by atoms with Gasteiger partial charge in [-0.1, -0.05) is 292 Å². The molecule has 0 bridgehead atoms. The van der Waals surface area contributed by atoms with Crippen molar-refractivity contribution in [2.45, 2.75) is 354 Å². The largest absolute Gasteiger partial charge is 0.462 e. The van der Waals surface area contributed by atoms with Crippen molar-refractivity contribution in [3.63, 3.8) is 0 Å². The van der Waals surface area contributed by atoms with Crippen LogP contribution >= 0.6 is 0 Å². The molecule has 0 radical (unpaired) electrons. The molecule has 0 aromatic heterocycles. The van der Waals surface area contributed by atoms with Crippen molar-refractivity contribution < 1.29 is 28.6 Å². The highest BCUT2D eigenvalue weighted by molar-refractivity contribution is 5.71. The number of esters is 3. The predicted octanol–water partition coefficient (Wildman–Crippen LogP) is 23.8. The Bertz CT molecular complexity index is 1520. The SMILES string of the molecule is CCCCC/C=C\C/C=C\CCCCCCCC(=O)OCC(COC(=O)CCCCCCCCCCCCCCCCCC/C=C\C/C=C\C/C=C\CCCCCCC)OC(=O)CCCCCCC/C=C\C/C=C\CCCCCC. The Morgan fingerprint density at radius 3 is 0.738 bits per heavy atom. The summed E-state index contributed by atoms with van der Waals surface area (Å²) in [7, 11) is 0. The monoisotopic (exact) mass is 1110 g/mol. The van der Waals surface area contributed by atoms with Crippen LogP contribution in [0.25, 0.3) is 0 Å². The van der Waals surface area contributed by atoms with Crippen LogP contribution in [0.15, 0.2) is 85.1 Å². The van der Waals surface area contributed by atoms with Gasteiger partial charge in [0.25, 0.3) is 0 Å². The van der Waals surface area contributed by atoms with Gasteiger partial charge in [0.15, 0.2) is 6.10 Å². The molecule has 1 unspecified atom stereocenters. The van der Waals surface area contributed by atoms with Gasteiger partial charge in [-0.15, -0.1) is 0 Å². The molecule has 0 fully saturated rings. The summed E-state index contributed by atoms with van der Waals surface area (Å²) in [6, 6.07) is 0. The lowest BCUT2D eigenvalue weighted by Crippen LogP contribution is -2.30. The van der Waals surface area contributed by atoms with Gasteiger partial charge >= 0.3 is 17.9 Å².